The van der Waals surface area contributed by atoms with Crippen molar-refractivity contribution in [2.45, 2.75) is 25.8 Å². The number of hydrogen-bond acceptors (Lipinski definition) is 9. The van der Waals surface area contributed by atoms with Crippen LogP contribution in [0.5, 0.6) is 5.75 Å². The molecule has 2 aromatic carbocycles. The van der Waals surface area contributed by atoms with Crippen LogP contribution in [0.2, 0.25) is 0 Å². The monoisotopic (exact) mass is 555 g/mol. The molecule has 0 saturated heterocycles. The molecule has 1 amide bonds. The van der Waals surface area contributed by atoms with Gasteiger partial charge in [-0.2, -0.15) is 0 Å². The molecule has 0 unspecified atom stereocenters. The van der Waals surface area contributed by atoms with E-state index in [2.05, 4.69) is 0 Å². The summed E-state index contributed by atoms with van der Waals surface area (Å²) in [5.41, 5.74) is 2.01. The lowest BCUT2D eigenvalue weighted by atomic mass is 9.83. The van der Waals surface area contributed by atoms with Gasteiger partial charge in [0.2, 0.25) is 5.91 Å². The number of carbonyl (C=O) groups is 3. The number of benzene rings is 2. The maximum Gasteiger partial charge on any atom is 0.346 e. The topological polar surface area (TPSA) is 82.1 Å². The molecule has 0 radical (unpaired) electrons. The lowest BCUT2D eigenvalue weighted by Gasteiger charge is -2.45. The minimum atomic E-state index is -0.883. The van der Waals surface area contributed by atoms with Crippen LogP contribution in [-0.2, 0) is 30.3 Å². The number of rotatable bonds is 5. The van der Waals surface area contributed by atoms with Gasteiger partial charge < -0.3 is 19.1 Å². The smallest absolute Gasteiger partial charge is 0.346 e. The molecule has 0 spiro atoms. The van der Waals surface area contributed by atoms with Crippen LogP contribution in [0.3, 0.4) is 0 Å². The number of hydrogen-bond donors (Lipinski definition) is 0. The Morgan fingerprint density at radius 3 is 2.05 bits per heavy atom. The van der Waals surface area contributed by atoms with Gasteiger partial charge in [-0.05, 0) is 37.6 Å². The largest absolute Gasteiger partial charge is 0.497 e. The van der Waals surface area contributed by atoms with Crippen molar-refractivity contribution >= 4 is 69.7 Å². The average molecular weight is 556 g/mol. The molecule has 0 N–H and O–H groups in total. The third-order valence-corrected chi connectivity index (χ3v) is 9.31. The molecule has 0 atom stereocenters. The van der Waals surface area contributed by atoms with Gasteiger partial charge in [-0.15, -0.1) is 0 Å². The molecule has 7 nitrogen and oxygen atoms in total. The average Bonchev–Trinajstić information content (AvgIpc) is 3.33. The van der Waals surface area contributed by atoms with Crippen LogP contribution in [0, 0.1) is 0 Å². The number of fused-ring (bicyclic) bond motifs is 1. The van der Waals surface area contributed by atoms with Gasteiger partial charge in [0, 0.05) is 11.1 Å². The molecule has 0 aliphatic carbocycles. The maximum absolute atomic E-state index is 13.7. The van der Waals surface area contributed by atoms with Gasteiger partial charge >= 0.3 is 11.9 Å². The molecule has 0 aromatic heterocycles. The number of anilines is 1. The van der Waals surface area contributed by atoms with Crippen molar-refractivity contribution in [1.82, 2.24) is 0 Å². The van der Waals surface area contributed by atoms with E-state index >= 15 is 0 Å². The Balaban J connectivity index is 1.88. The highest BCUT2D eigenvalue weighted by Gasteiger charge is 2.46. The van der Waals surface area contributed by atoms with Crippen LogP contribution in [0.15, 0.2) is 62.6 Å². The number of nitrogens with zero attached hydrogens (tertiary/aromatic N) is 1. The Labute approximate surface area is 229 Å². The van der Waals surface area contributed by atoms with Crippen molar-refractivity contribution in [2.24, 2.45) is 0 Å². The first kappa shape index (κ1) is 27.0. The van der Waals surface area contributed by atoms with E-state index < -0.39 is 17.5 Å². The molecule has 0 saturated carbocycles. The predicted octanol–water partition coefficient (Wildman–Crippen LogP) is 5.14. The number of amides is 1. The van der Waals surface area contributed by atoms with E-state index in [4.69, 9.17) is 26.4 Å². The Morgan fingerprint density at radius 1 is 0.919 bits per heavy atom. The van der Waals surface area contributed by atoms with Crippen LogP contribution in [0.1, 0.15) is 25.0 Å². The fourth-order valence-corrected chi connectivity index (χ4v) is 7.26. The summed E-state index contributed by atoms with van der Waals surface area (Å²) in [5, 5.41) is 0. The van der Waals surface area contributed by atoms with Gasteiger partial charge in [-0.1, -0.05) is 66.1 Å². The highest BCUT2D eigenvalue weighted by molar-refractivity contribution is 8.29. The Hall–Kier alpha value is -3.08. The second kappa shape index (κ2) is 10.7. The summed E-state index contributed by atoms with van der Waals surface area (Å²) in [6.07, 6.45) is 0.203. The first-order chi connectivity index (χ1) is 17.6. The molecule has 192 valence electrons. The van der Waals surface area contributed by atoms with E-state index in [1.807, 2.05) is 56.3 Å². The van der Waals surface area contributed by atoms with Crippen LogP contribution in [0.25, 0.3) is 5.57 Å². The summed E-state index contributed by atoms with van der Waals surface area (Å²) in [6, 6.07) is 15.0. The summed E-state index contributed by atoms with van der Waals surface area (Å²) in [6.45, 7) is 3.79. The van der Waals surface area contributed by atoms with E-state index in [1.54, 1.807) is 18.1 Å². The molecule has 4 rings (SSSR count). The number of esters is 2. The second-order valence-electron chi connectivity index (χ2n) is 8.67. The van der Waals surface area contributed by atoms with Crippen molar-refractivity contribution in [3.63, 3.8) is 0 Å². The zero-order chi connectivity index (χ0) is 26.9. The molecule has 2 heterocycles. The van der Waals surface area contributed by atoms with Gasteiger partial charge in [0.25, 0.3) is 0 Å². The number of thioether (sulfide) groups is 2. The zero-order valence-electron chi connectivity index (χ0n) is 20.9. The quantitative estimate of drug-likeness (QED) is 0.283. The van der Waals surface area contributed by atoms with E-state index in [0.29, 0.717) is 31.7 Å². The highest BCUT2D eigenvalue weighted by Crippen LogP contribution is 2.56. The Morgan fingerprint density at radius 2 is 1.51 bits per heavy atom. The molecule has 2 aliphatic rings. The van der Waals surface area contributed by atoms with E-state index in [1.165, 1.54) is 14.2 Å². The highest BCUT2D eigenvalue weighted by atomic mass is 32.2. The molecule has 2 aromatic rings. The molecule has 2 aliphatic heterocycles. The van der Waals surface area contributed by atoms with Crippen molar-refractivity contribution in [3.8, 4) is 5.75 Å². The first-order valence-electron chi connectivity index (χ1n) is 11.2. The summed E-state index contributed by atoms with van der Waals surface area (Å²) in [4.78, 5) is 41.2. The van der Waals surface area contributed by atoms with Gasteiger partial charge in [-0.3, -0.25) is 4.79 Å². The van der Waals surface area contributed by atoms with Crippen LogP contribution < -0.4 is 9.64 Å². The number of carbonyl (C=O) groups excluding carboxylic acids is 3. The fraction of sp³-hybridized carbons (Fsp3) is 0.259. The van der Waals surface area contributed by atoms with Crippen LogP contribution in [0.4, 0.5) is 5.69 Å². The van der Waals surface area contributed by atoms with E-state index in [9.17, 15) is 14.4 Å². The van der Waals surface area contributed by atoms with Crippen molar-refractivity contribution in [3.05, 3.63) is 73.7 Å². The third-order valence-electron chi connectivity index (χ3n) is 6.04. The summed E-state index contributed by atoms with van der Waals surface area (Å²) < 4.78 is 15.9. The Bertz CT molecular complexity index is 1330. The third kappa shape index (κ3) is 4.93. The molecular formula is C27H25NO6S3. The molecule has 10 heteroatoms. The predicted molar refractivity (Wildman–Crippen MR) is 150 cm³/mol. The standard InChI is InChI=1S/C27H25NO6S3/c1-27(2)23(35)20(26-36-21(24(30)33-4)22(37-26)25(31)34-5)17-14-16(32-3)11-12-18(17)28(27)19(29)13-15-9-7-6-8-10-15/h6-12,14H,13H2,1-5H3. The normalized spacial score (nSPS) is 16.5. The molecule has 37 heavy (non-hydrogen) atoms. The van der Waals surface area contributed by atoms with Crippen molar-refractivity contribution in [1.29, 1.82) is 0 Å². The number of methoxy groups -OCH3 is 3. The zero-order valence-corrected chi connectivity index (χ0v) is 23.4. The van der Waals surface area contributed by atoms with Gasteiger partial charge in [0.15, 0.2) is 0 Å². The van der Waals surface area contributed by atoms with E-state index in [-0.39, 0.29) is 22.1 Å². The lowest BCUT2D eigenvalue weighted by Crippen LogP contribution is -2.56. The fourth-order valence-electron chi connectivity index (χ4n) is 4.22. The second-order valence-corrected chi connectivity index (χ2v) is 11.4. The minimum Gasteiger partial charge on any atom is -0.497 e. The number of thiocarbonyl (C=S) groups is 1. The maximum atomic E-state index is 13.7. The number of ether oxygens (including phenoxy) is 3. The molecule has 0 bridgehead atoms. The lowest BCUT2D eigenvalue weighted by molar-refractivity contribution is -0.138. The SMILES string of the molecule is COC(=O)C1=C(C(=O)OC)SC(=C2C(=S)C(C)(C)N(C(=O)Cc3ccccc3)c3ccc(OC)cc32)S1. The van der Waals surface area contributed by atoms with E-state index in [0.717, 1.165) is 29.1 Å². The van der Waals surface area contributed by atoms with Crippen molar-refractivity contribution < 1.29 is 28.6 Å². The summed E-state index contributed by atoms with van der Waals surface area (Å²) >= 11 is 8.23. The Kier molecular flexibility index (Phi) is 7.82. The van der Waals surface area contributed by atoms with Gasteiger partial charge in [-0.25, -0.2) is 9.59 Å². The van der Waals surface area contributed by atoms with Crippen LogP contribution in [-0.4, -0.2) is 49.6 Å². The summed E-state index contributed by atoms with van der Waals surface area (Å²) in [7, 11) is 4.07. The van der Waals surface area contributed by atoms with Crippen LogP contribution >= 0.6 is 35.7 Å². The molecular weight excluding hydrogens is 530 g/mol. The van der Waals surface area contributed by atoms with Gasteiger partial charge in [0.05, 0.1) is 48.1 Å². The first-order valence-corrected chi connectivity index (χ1v) is 13.3. The minimum absolute atomic E-state index is 0.107. The van der Waals surface area contributed by atoms with Crippen molar-refractivity contribution in [2.75, 3.05) is 26.2 Å². The summed E-state index contributed by atoms with van der Waals surface area (Å²) in [5.74, 6) is -0.804. The van der Waals surface area contributed by atoms with Gasteiger partial charge in [0.1, 0.15) is 15.6 Å². The molecule has 0 fully saturated rings.